The Hall–Kier alpha value is -2.95. The van der Waals surface area contributed by atoms with Gasteiger partial charge >= 0.3 is 6.09 Å². The van der Waals surface area contributed by atoms with E-state index in [1.165, 1.54) is 0 Å². The van der Waals surface area contributed by atoms with Crippen LogP contribution in [0.4, 0.5) is 16.3 Å². The van der Waals surface area contributed by atoms with E-state index in [1.807, 2.05) is 24.3 Å². The number of benzene rings is 1. The summed E-state index contributed by atoms with van der Waals surface area (Å²) in [5.74, 6) is 0.396. The zero-order chi connectivity index (χ0) is 24.5. The lowest BCUT2D eigenvalue weighted by molar-refractivity contribution is -0.118. The third-order valence-corrected chi connectivity index (χ3v) is 6.75. The molecule has 0 spiro atoms. The molecule has 0 bridgehead atoms. The minimum Gasteiger partial charge on any atom is -0.465 e. The molecule has 0 radical (unpaired) electrons. The summed E-state index contributed by atoms with van der Waals surface area (Å²) < 4.78 is 6.40. The van der Waals surface area contributed by atoms with Crippen LogP contribution in [0.5, 0.6) is 0 Å². The smallest absolute Gasteiger partial charge is 0.408 e. The number of carbonyl (C=O) groups excluding carboxylic acids is 1. The minimum atomic E-state index is -1.14. The van der Waals surface area contributed by atoms with Gasteiger partial charge in [0.2, 0.25) is 11.2 Å². The van der Waals surface area contributed by atoms with E-state index < -0.39 is 17.5 Å². The molecular formula is C23H26ClN5O4S. The molecule has 2 N–H and O–H groups in total. The Morgan fingerprint density at radius 3 is 2.65 bits per heavy atom. The first-order chi connectivity index (χ1) is 16.1. The summed E-state index contributed by atoms with van der Waals surface area (Å²) in [5, 5.41) is 12.4. The third kappa shape index (κ3) is 5.40. The van der Waals surface area contributed by atoms with Crippen LogP contribution in [0.2, 0.25) is 5.28 Å². The van der Waals surface area contributed by atoms with Crippen LogP contribution in [0.15, 0.2) is 30.3 Å². The number of halogens is 1. The molecule has 2 aromatic heterocycles. The first kappa shape index (κ1) is 24.2. The van der Waals surface area contributed by atoms with Gasteiger partial charge in [-0.25, -0.2) is 9.78 Å². The van der Waals surface area contributed by atoms with Crippen LogP contribution < -0.4 is 10.2 Å². The molecule has 34 heavy (non-hydrogen) atoms. The van der Waals surface area contributed by atoms with Crippen molar-refractivity contribution in [2.75, 3.05) is 43.1 Å². The highest BCUT2D eigenvalue weighted by Gasteiger charge is 2.28. The summed E-state index contributed by atoms with van der Waals surface area (Å²) in [6.07, 6.45) is -1.14. The fourth-order valence-corrected chi connectivity index (χ4v) is 4.99. The predicted octanol–water partition coefficient (Wildman–Crippen LogP) is 4.57. The molecule has 180 valence electrons. The number of nitrogens with zero attached hydrogens (tertiary/aromatic N) is 4. The second-order valence-corrected chi connectivity index (χ2v) is 10.3. The molecule has 1 saturated heterocycles. The lowest BCUT2D eigenvalue weighted by atomic mass is 10.1. The number of nitrogens with one attached hydrogen (secondary N) is 1. The first-order valence-corrected chi connectivity index (χ1v) is 12.0. The van der Waals surface area contributed by atoms with Crippen LogP contribution in [0, 0.1) is 0 Å². The highest BCUT2D eigenvalue weighted by molar-refractivity contribution is 7.22. The van der Waals surface area contributed by atoms with Gasteiger partial charge in [-0.05, 0) is 56.1 Å². The average molecular weight is 504 g/mol. The number of carbonyl (C=O) groups is 2. The molecule has 1 aliphatic heterocycles. The zero-order valence-electron chi connectivity index (χ0n) is 19.2. The van der Waals surface area contributed by atoms with Gasteiger partial charge in [0.15, 0.2) is 5.82 Å². The van der Waals surface area contributed by atoms with Crippen molar-refractivity contribution in [3.8, 4) is 10.4 Å². The number of anilines is 2. The van der Waals surface area contributed by atoms with Crippen molar-refractivity contribution in [3.63, 3.8) is 0 Å². The molecule has 0 unspecified atom stereocenters. The lowest BCUT2D eigenvalue weighted by Crippen LogP contribution is -2.48. The van der Waals surface area contributed by atoms with Crippen molar-refractivity contribution >= 4 is 56.7 Å². The summed E-state index contributed by atoms with van der Waals surface area (Å²) in [5.41, 5.74) is 1.55. The van der Waals surface area contributed by atoms with Crippen molar-refractivity contribution in [1.29, 1.82) is 0 Å². The van der Waals surface area contributed by atoms with Gasteiger partial charge in [-0.15, -0.1) is 11.3 Å². The van der Waals surface area contributed by atoms with Crippen molar-refractivity contribution in [1.82, 2.24) is 14.9 Å². The number of fused-ring (bicyclic) bond motifs is 1. The fraction of sp³-hybridized carbons (Fsp3) is 0.391. The molecule has 3 aromatic rings. The molecule has 3 heterocycles. The van der Waals surface area contributed by atoms with Gasteiger partial charge in [-0.1, -0.05) is 12.1 Å². The molecular weight excluding hydrogens is 478 g/mol. The summed E-state index contributed by atoms with van der Waals surface area (Å²) in [7, 11) is 0. The van der Waals surface area contributed by atoms with Crippen LogP contribution in [-0.4, -0.2) is 70.4 Å². The molecule has 1 fully saturated rings. The molecule has 0 aliphatic carbocycles. The monoisotopic (exact) mass is 503 g/mol. The predicted molar refractivity (Wildman–Crippen MR) is 134 cm³/mol. The number of morpholine rings is 1. The Labute approximate surface area is 206 Å². The van der Waals surface area contributed by atoms with Crippen LogP contribution in [0.25, 0.3) is 20.7 Å². The van der Waals surface area contributed by atoms with Gasteiger partial charge in [0, 0.05) is 29.2 Å². The van der Waals surface area contributed by atoms with E-state index in [9.17, 15) is 14.7 Å². The SMILES string of the molecule is CC(C)(C)N(CC(=O)Nc1cccc(-c2cc3nc(Cl)nc(N4CCOCC4)c3s2)c1)C(=O)O. The van der Waals surface area contributed by atoms with Crippen molar-refractivity contribution in [2.45, 2.75) is 26.3 Å². The maximum atomic E-state index is 12.6. The lowest BCUT2D eigenvalue weighted by Gasteiger charge is -2.32. The van der Waals surface area contributed by atoms with E-state index in [1.54, 1.807) is 38.2 Å². The maximum absolute atomic E-state index is 12.6. The average Bonchev–Trinajstić information content (AvgIpc) is 3.21. The summed E-state index contributed by atoms with van der Waals surface area (Å²) in [6.45, 7) is 7.72. The summed E-state index contributed by atoms with van der Waals surface area (Å²) in [4.78, 5) is 37.2. The van der Waals surface area contributed by atoms with Gasteiger partial charge in [-0.2, -0.15) is 4.98 Å². The second kappa shape index (κ2) is 9.73. The number of amides is 2. The number of aromatic nitrogens is 2. The fourth-order valence-electron chi connectivity index (χ4n) is 3.71. The Kier molecular flexibility index (Phi) is 6.92. The van der Waals surface area contributed by atoms with Crippen molar-refractivity contribution < 1.29 is 19.4 Å². The first-order valence-electron chi connectivity index (χ1n) is 10.8. The van der Waals surface area contributed by atoms with E-state index >= 15 is 0 Å². The Morgan fingerprint density at radius 1 is 1.24 bits per heavy atom. The van der Waals surface area contributed by atoms with E-state index in [0.717, 1.165) is 44.5 Å². The Morgan fingerprint density at radius 2 is 1.97 bits per heavy atom. The zero-order valence-corrected chi connectivity index (χ0v) is 20.7. The molecule has 11 heteroatoms. The van der Waals surface area contributed by atoms with E-state index in [2.05, 4.69) is 20.2 Å². The highest BCUT2D eigenvalue weighted by Crippen LogP contribution is 2.38. The van der Waals surface area contributed by atoms with E-state index in [-0.39, 0.29) is 11.8 Å². The quantitative estimate of drug-likeness (QED) is 0.491. The molecule has 2 amide bonds. The molecule has 0 atom stereocenters. The van der Waals surface area contributed by atoms with Crippen LogP contribution in [0.3, 0.4) is 0 Å². The van der Waals surface area contributed by atoms with Gasteiger partial charge < -0.3 is 20.1 Å². The second-order valence-electron chi connectivity index (χ2n) is 8.91. The number of thiophene rings is 1. The standard InChI is InChI=1S/C23H26ClN5O4S/c1-23(2,3)29(22(31)32)13-18(30)25-15-6-4-5-14(11-15)17-12-16-19(34-17)20(27-21(24)26-16)28-7-9-33-10-8-28/h4-6,11-12H,7-10,13H2,1-3H3,(H,25,30)(H,31,32). The summed E-state index contributed by atoms with van der Waals surface area (Å²) >= 11 is 7.77. The van der Waals surface area contributed by atoms with Gasteiger partial charge in [-0.3, -0.25) is 9.69 Å². The maximum Gasteiger partial charge on any atom is 0.408 e. The summed E-state index contributed by atoms with van der Waals surface area (Å²) in [6, 6.07) is 9.38. The van der Waals surface area contributed by atoms with E-state index in [0.29, 0.717) is 18.9 Å². The number of carboxylic acid groups (broad SMARTS) is 1. The molecule has 0 saturated carbocycles. The molecule has 9 nitrogen and oxygen atoms in total. The number of ether oxygens (including phenoxy) is 1. The largest absolute Gasteiger partial charge is 0.465 e. The van der Waals surface area contributed by atoms with E-state index in [4.69, 9.17) is 16.3 Å². The highest BCUT2D eigenvalue weighted by atomic mass is 35.5. The minimum absolute atomic E-state index is 0.196. The number of rotatable bonds is 5. The van der Waals surface area contributed by atoms with Crippen molar-refractivity contribution in [2.24, 2.45) is 0 Å². The van der Waals surface area contributed by atoms with Crippen LogP contribution in [-0.2, 0) is 9.53 Å². The topological polar surface area (TPSA) is 108 Å². The molecule has 1 aromatic carbocycles. The Bertz CT molecular complexity index is 1220. The Balaban J connectivity index is 1.58. The van der Waals surface area contributed by atoms with Crippen LogP contribution in [0.1, 0.15) is 20.8 Å². The molecule has 4 rings (SSSR count). The van der Waals surface area contributed by atoms with Gasteiger partial charge in [0.1, 0.15) is 6.54 Å². The molecule has 1 aliphatic rings. The normalized spacial score (nSPS) is 14.3. The number of hydrogen-bond donors (Lipinski definition) is 2. The number of hydrogen-bond acceptors (Lipinski definition) is 7. The van der Waals surface area contributed by atoms with Gasteiger partial charge in [0.25, 0.3) is 0 Å². The van der Waals surface area contributed by atoms with Crippen LogP contribution >= 0.6 is 22.9 Å². The van der Waals surface area contributed by atoms with Gasteiger partial charge in [0.05, 0.1) is 23.4 Å². The third-order valence-electron chi connectivity index (χ3n) is 5.41. The van der Waals surface area contributed by atoms with Crippen molar-refractivity contribution in [3.05, 3.63) is 35.6 Å².